The number of para-hydroxylation sites is 1. The molecule has 0 bridgehead atoms. The molecule has 2 aliphatic rings. The van der Waals surface area contributed by atoms with Gasteiger partial charge in [-0.05, 0) is 55.5 Å². The second kappa shape index (κ2) is 9.48. The molecule has 0 spiro atoms. The van der Waals surface area contributed by atoms with Crippen molar-refractivity contribution in [2.24, 2.45) is 0 Å². The van der Waals surface area contributed by atoms with E-state index in [9.17, 15) is 0 Å². The third-order valence-electron chi connectivity index (χ3n) is 6.38. The molecule has 1 aliphatic heterocycles. The van der Waals surface area contributed by atoms with Crippen molar-refractivity contribution in [2.45, 2.75) is 50.7 Å². The van der Waals surface area contributed by atoms with Crippen LogP contribution >= 0.6 is 0 Å². The molecule has 2 heterocycles. The molecule has 1 saturated heterocycles. The van der Waals surface area contributed by atoms with E-state index in [1.54, 1.807) is 0 Å². The molecule has 160 valence electrons. The Balaban J connectivity index is 1.15. The van der Waals surface area contributed by atoms with Gasteiger partial charge in [-0.3, -0.25) is 0 Å². The zero-order valence-electron chi connectivity index (χ0n) is 17.8. The van der Waals surface area contributed by atoms with Crippen LogP contribution in [0.2, 0.25) is 0 Å². The maximum Gasteiger partial charge on any atom is 0.316 e. The normalized spacial score (nSPS) is 18.2. The first kappa shape index (κ1) is 20.0. The zero-order chi connectivity index (χ0) is 20.9. The third-order valence-corrected chi connectivity index (χ3v) is 6.38. The molecule has 5 nitrogen and oxygen atoms in total. The fraction of sp³-hybridized carbons (Fsp3) is 0.385. The van der Waals surface area contributed by atoms with E-state index in [-0.39, 0.29) is 6.10 Å². The number of nitrogens with zero attached hydrogens (tertiary/aromatic N) is 3. The summed E-state index contributed by atoms with van der Waals surface area (Å²) < 4.78 is 11.9. The van der Waals surface area contributed by atoms with E-state index in [2.05, 4.69) is 14.9 Å². The minimum atomic E-state index is 0.220. The molecule has 1 saturated carbocycles. The maximum atomic E-state index is 6.07. The molecule has 5 rings (SSSR count). The van der Waals surface area contributed by atoms with Gasteiger partial charge >= 0.3 is 6.01 Å². The molecule has 1 aliphatic carbocycles. The van der Waals surface area contributed by atoms with E-state index < -0.39 is 0 Å². The van der Waals surface area contributed by atoms with Gasteiger partial charge in [0.15, 0.2) is 0 Å². The molecule has 31 heavy (non-hydrogen) atoms. The van der Waals surface area contributed by atoms with Gasteiger partial charge in [-0.1, -0.05) is 43.2 Å². The van der Waals surface area contributed by atoms with Crippen molar-refractivity contribution in [3.8, 4) is 28.6 Å². The second-order valence-corrected chi connectivity index (χ2v) is 8.49. The monoisotopic (exact) mass is 415 g/mol. The van der Waals surface area contributed by atoms with E-state index in [1.807, 2.05) is 67.0 Å². The first-order valence-corrected chi connectivity index (χ1v) is 11.4. The molecule has 1 aromatic heterocycles. The van der Waals surface area contributed by atoms with E-state index in [0.717, 1.165) is 54.6 Å². The summed E-state index contributed by atoms with van der Waals surface area (Å²) in [7, 11) is 0. The van der Waals surface area contributed by atoms with Gasteiger partial charge in [0.2, 0.25) is 0 Å². The molecular weight excluding hydrogens is 386 g/mol. The van der Waals surface area contributed by atoms with Crippen molar-refractivity contribution in [1.82, 2.24) is 14.9 Å². The molecule has 0 amide bonds. The first-order valence-electron chi connectivity index (χ1n) is 11.4. The smallest absolute Gasteiger partial charge is 0.316 e. The minimum absolute atomic E-state index is 0.220. The van der Waals surface area contributed by atoms with Gasteiger partial charge in [0.05, 0.1) is 0 Å². The van der Waals surface area contributed by atoms with Gasteiger partial charge in [0.25, 0.3) is 0 Å². The number of ether oxygens (including phenoxy) is 2. The van der Waals surface area contributed by atoms with Crippen molar-refractivity contribution in [2.75, 3.05) is 13.1 Å². The molecule has 3 aromatic rings. The largest absolute Gasteiger partial charge is 0.460 e. The van der Waals surface area contributed by atoms with Gasteiger partial charge in [0.1, 0.15) is 17.6 Å². The Bertz CT molecular complexity index is 946. The number of hydrogen-bond donors (Lipinski definition) is 0. The van der Waals surface area contributed by atoms with Crippen LogP contribution in [0.25, 0.3) is 11.1 Å². The highest BCUT2D eigenvalue weighted by atomic mass is 16.5. The summed E-state index contributed by atoms with van der Waals surface area (Å²) in [5.74, 6) is 1.63. The molecule has 0 atom stereocenters. The van der Waals surface area contributed by atoms with Crippen LogP contribution in [0.15, 0.2) is 67.0 Å². The Labute approximate surface area is 184 Å². The van der Waals surface area contributed by atoms with Gasteiger partial charge in [-0.25, -0.2) is 9.97 Å². The van der Waals surface area contributed by atoms with Crippen LogP contribution < -0.4 is 9.47 Å². The topological polar surface area (TPSA) is 47.5 Å². The lowest BCUT2D eigenvalue weighted by Gasteiger charge is -2.35. The van der Waals surface area contributed by atoms with Crippen molar-refractivity contribution < 1.29 is 9.47 Å². The molecule has 0 radical (unpaired) electrons. The maximum absolute atomic E-state index is 6.07. The summed E-state index contributed by atoms with van der Waals surface area (Å²) >= 11 is 0. The highest BCUT2D eigenvalue weighted by molar-refractivity contribution is 5.62. The molecule has 5 heteroatoms. The van der Waals surface area contributed by atoms with Crippen LogP contribution in [-0.4, -0.2) is 40.1 Å². The Morgan fingerprint density at radius 2 is 1.35 bits per heavy atom. The van der Waals surface area contributed by atoms with Crippen molar-refractivity contribution >= 4 is 0 Å². The number of benzene rings is 2. The first-order chi connectivity index (χ1) is 15.3. The quantitative estimate of drug-likeness (QED) is 0.515. The van der Waals surface area contributed by atoms with Crippen LogP contribution in [0.1, 0.15) is 38.5 Å². The van der Waals surface area contributed by atoms with Gasteiger partial charge in [0, 0.05) is 37.1 Å². The molecular formula is C26H29N3O2. The third kappa shape index (κ3) is 5.05. The Morgan fingerprint density at radius 3 is 2.03 bits per heavy atom. The summed E-state index contributed by atoms with van der Waals surface area (Å²) in [6, 6.07) is 19.0. The average Bonchev–Trinajstić information content (AvgIpc) is 3.37. The number of rotatable bonds is 6. The fourth-order valence-corrected chi connectivity index (χ4v) is 4.64. The van der Waals surface area contributed by atoms with Crippen molar-refractivity contribution in [3.05, 3.63) is 67.0 Å². The van der Waals surface area contributed by atoms with Crippen LogP contribution in [0.3, 0.4) is 0 Å². The summed E-state index contributed by atoms with van der Waals surface area (Å²) in [5, 5.41) is 0. The molecule has 0 N–H and O–H groups in total. The van der Waals surface area contributed by atoms with Gasteiger partial charge in [-0.2, -0.15) is 0 Å². The van der Waals surface area contributed by atoms with Crippen molar-refractivity contribution in [1.29, 1.82) is 0 Å². The summed E-state index contributed by atoms with van der Waals surface area (Å²) in [6.45, 7) is 2.26. The minimum Gasteiger partial charge on any atom is -0.460 e. The lowest BCUT2D eigenvalue weighted by molar-refractivity contribution is 0.0710. The van der Waals surface area contributed by atoms with E-state index in [0.29, 0.717) is 6.01 Å². The Hall–Kier alpha value is -2.92. The standard InChI is InChI=1S/C26H29N3O2/c1-2-8-23(9-3-1)30-24-12-10-20(11-13-24)21-18-27-26(28-19-21)31-25-14-16-29(17-15-25)22-6-4-5-7-22/h1-3,8-13,18-19,22,25H,4-7,14-17H2. The van der Waals surface area contributed by atoms with E-state index in [1.165, 1.54) is 25.7 Å². The van der Waals surface area contributed by atoms with E-state index >= 15 is 0 Å². The Kier molecular flexibility index (Phi) is 6.12. The Morgan fingerprint density at radius 1 is 0.710 bits per heavy atom. The van der Waals surface area contributed by atoms with Crippen LogP contribution in [0, 0.1) is 0 Å². The zero-order valence-corrected chi connectivity index (χ0v) is 17.8. The predicted molar refractivity (Wildman–Crippen MR) is 121 cm³/mol. The number of piperidine rings is 1. The van der Waals surface area contributed by atoms with Gasteiger partial charge < -0.3 is 14.4 Å². The average molecular weight is 416 g/mol. The van der Waals surface area contributed by atoms with Crippen LogP contribution in [0.5, 0.6) is 17.5 Å². The highest BCUT2D eigenvalue weighted by Crippen LogP contribution is 2.28. The second-order valence-electron chi connectivity index (χ2n) is 8.49. The number of aromatic nitrogens is 2. The van der Waals surface area contributed by atoms with E-state index in [4.69, 9.17) is 9.47 Å². The predicted octanol–water partition coefficient (Wildman–Crippen LogP) is 5.72. The number of likely N-dealkylation sites (tertiary alicyclic amines) is 1. The fourth-order valence-electron chi connectivity index (χ4n) is 4.64. The van der Waals surface area contributed by atoms with Gasteiger partial charge in [-0.15, -0.1) is 0 Å². The van der Waals surface area contributed by atoms with Crippen molar-refractivity contribution in [3.63, 3.8) is 0 Å². The van der Waals surface area contributed by atoms with Crippen LogP contribution in [-0.2, 0) is 0 Å². The summed E-state index contributed by atoms with van der Waals surface area (Å²) in [4.78, 5) is 11.6. The SMILES string of the molecule is c1ccc(Oc2ccc(-c3cnc(OC4CCN(C5CCCC5)CC4)nc3)cc2)cc1. The molecule has 2 fully saturated rings. The summed E-state index contributed by atoms with van der Waals surface area (Å²) in [5.41, 5.74) is 2.02. The lowest BCUT2D eigenvalue weighted by atomic mass is 10.0. The van der Waals surface area contributed by atoms with Crippen LogP contribution in [0.4, 0.5) is 0 Å². The highest BCUT2D eigenvalue weighted by Gasteiger charge is 2.28. The molecule has 2 aromatic carbocycles. The molecule has 0 unspecified atom stereocenters. The lowest BCUT2D eigenvalue weighted by Crippen LogP contribution is -2.43. The summed E-state index contributed by atoms with van der Waals surface area (Å²) in [6.07, 6.45) is 11.5. The number of hydrogen-bond acceptors (Lipinski definition) is 5.